The Morgan fingerprint density at radius 1 is 1.33 bits per heavy atom. The molecule has 2 rings (SSSR count). The summed E-state index contributed by atoms with van der Waals surface area (Å²) in [6, 6.07) is 4.96. The van der Waals surface area contributed by atoms with Crippen molar-refractivity contribution in [1.29, 1.82) is 0 Å². The van der Waals surface area contributed by atoms with Crippen molar-refractivity contribution in [2.75, 3.05) is 19.8 Å². The summed E-state index contributed by atoms with van der Waals surface area (Å²) in [5, 5.41) is 11.6. The molecule has 1 aliphatic heterocycles. The smallest absolute Gasteiger partial charge is 0.311 e. The molecule has 2 unspecified atom stereocenters. The van der Waals surface area contributed by atoms with Crippen LogP contribution in [-0.4, -0.2) is 42.8 Å². The Bertz CT molecular complexity index is 505. The minimum absolute atomic E-state index is 0.0835. The predicted octanol–water partition coefficient (Wildman–Crippen LogP) is 0.810. The molecule has 0 bridgehead atoms. The van der Waals surface area contributed by atoms with Gasteiger partial charge in [0.2, 0.25) is 5.91 Å². The molecule has 1 aromatic rings. The van der Waals surface area contributed by atoms with Crippen LogP contribution in [0.3, 0.4) is 0 Å². The largest absolute Gasteiger partial charge is 0.493 e. The summed E-state index contributed by atoms with van der Waals surface area (Å²) in [5.41, 5.74) is 0. The van der Waals surface area contributed by atoms with Gasteiger partial charge in [-0.2, -0.15) is 0 Å². The van der Waals surface area contributed by atoms with E-state index in [2.05, 4.69) is 5.32 Å². The SMILES string of the molecule is O=C(CCOc1ccc(F)cc1)NC1COCC1C(=O)O. The number of halogens is 1. The molecular formula is C14H16FNO5. The minimum atomic E-state index is -0.986. The molecule has 0 aliphatic carbocycles. The fourth-order valence-corrected chi connectivity index (χ4v) is 2.01. The Hall–Kier alpha value is -2.15. The van der Waals surface area contributed by atoms with Crippen molar-refractivity contribution in [3.05, 3.63) is 30.1 Å². The zero-order valence-electron chi connectivity index (χ0n) is 11.3. The Morgan fingerprint density at radius 2 is 2.05 bits per heavy atom. The van der Waals surface area contributed by atoms with Crippen LogP contribution >= 0.6 is 0 Å². The van der Waals surface area contributed by atoms with Gasteiger partial charge in [-0.3, -0.25) is 9.59 Å². The van der Waals surface area contributed by atoms with E-state index in [-0.39, 0.29) is 38.0 Å². The lowest BCUT2D eigenvalue weighted by Crippen LogP contribution is -2.43. The van der Waals surface area contributed by atoms with Gasteiger partial charge < -0.3 is 19.9 Å². The van der Waals surface area contributed by atoms with Crippen LogP contribution in [0, 0.1) is 11.7 Å². The molecule has 6 nitrogen and oxygen atoms in total. The zero-order chi connectivity index (χ0) is 15.2. The molecule has 1 heterocycles. The first-order chi connectivity index (χ1) is 10.1. The summed E-state index contributed by atoms with van der Waals surface area (Å²) >= 11 is 0. The second-order valence-electron chi connectivity index (χ2n) is 4.71. The molecular weight excluding hydrogens is 281 g/mol. The average molecular weight is 297 g/mol. The van der Waals surface area contributed by atoms with E-state index in [1.165, 1.54) is 24.3 Å². The molecule has 0 radical (unpaired) electrons. The number of carbonyl (C=O) groups is 2. The molecule has 0 saturated carbocycles. The number of hydrogen-bond donors (Lipinski definition) is 2. The van der Waals surface area contributed by atoms with Crippen molar-refractivity contribution in [1.82, 2.24) is 5.32 Å². The van der Waals surface area contributed by atoms with E-state index >= 15 is 0 Å². The normalized spacial score (nSPS) is 21.0. The van der Waals surface area contributed by atoms with Gasteiger partial charge in [-0.25, -0.2) is 4.39 Å². The molecule has 7 heteroatoms. The first-order valence-electron chi connectivity index (χ1n) is 6.54. The predicted molar refractivity (Wildman–Crippen MR) is 70.4 cm³/mol. The summed E-state index contributed by atoms with van der Waals surface area (Å²) in [6.45, 7) is 0.427. The molecule has 0 spiro atoms. The quantitative estimate of drug-likeness (QED) is 0.811. The second-order valence-corrected chi connectivity index (χ2v) is 4.71. The van der Waals surface area contributed by atoms with Crippen LogP contribution in [-0.2, 0) is 14.3 Å². The van der Waals surface area contributed by atoms with Gasteiger partial charge in [0, 0.05) is 0 Å². The van der Waals surface area contributed by atoms with Gasteiger partial charge in [-0.15, -0.1) is 0 Å². The number of benzene rings is 1. The van der Waals surface area contributed by atoms with Crippen molar-refractivity contribution in [2.45, 2.75) is 12.5 Å². The van der Waals surface area contributed by atoms with E-state index in [4.69, 9.17) is 14.6 Å². The third-order valence-corrected chi connectivity index (χ3v) is 3.16. The van der Waals surface area contributed by atoms with E-state index in [9.17, 15) is 14.0 Å². The number of carboxylic acid groups (broad SMARTS) is 1. The van der Waals surface area contributed by atoms with E-state index in [1.807, 2.05) is 0 Å². The first kappa shape index (κ1) is 15.2. The van der Waals surface area contributed by atoms with Gasteiger partial charge in [0.25, 0.3) is 0 Å². The number of rotatable bonds is 6. The van der Waals surface area contributed by atoms with E-state index in [1.54, 1.807) is 0 Å². The lowest BCUT2D eigenvalue weighted by Gasteiger charge is -2.15. The number of ether oxygens (including phenoxy) is 2. The van der Waals surface area contributed by atoms with E-state index in [0.717, 1.165) is 0 Å². The Balaban J connectivity index is 1.72. The van der Waals surface area contributed by atoms with Crippen LogP contribution in [0.25, 0.3) is 0 Å². The molecule has 2 atom stereocenters. The summed E-state index contributed by atoms with van der Waals surface area (Å²) in [7, 11) is 0. The highest BCUT2D eigenvalue weighted by Gasteiger charge is 2.34. The maximum absolute atomic E-state index is 12.7. The number of hydrogen-bond acceptors (Lipinski definition) is 4. The number of amides is 1. The summed E-state index contributed by atoms with van der Waals surface area (Å²) in [4.78, 5) is 22.6. The van der Waals surface area contributed by atoms with Crippen LogP contribution < -0.4 is 10.1 Å². The van der Waals surface area contributed by atoms with Gasteiger partial charge in [-0.05, 0) is 24.3 Å². The topological polar surface area (TPSA) is 84.9 Å². The molecule has 1 fully saturated rings. The molecule has 1 amide bonds. The van der Waals surface area contributed by atoms with Gasteiger partial charge in [0.15, 0.2) is 0 Å². The van der Waals surface area contributed by atoms with Crippen LogP contribution in [0.1, 0.15) is 6.42 Å². The van der Waals surface area contributed by atoms with Crippen molar-refractivity contribution in [3.8, 4) is 5.75 Å². The van der Waals surface area contributed by atoms with Crippen molar-refractivity contribution >= 4 is 11.9 Å². The number of nitrogens with one attached hydrogen (secondary N) is 1. The lowest BCUT2D eigenvalue weighted by atomic mass is 10.0. The molecule has 2 N–H and O–H groups in total. The Labute approximate surface area is 120 Å². The molecule has 114 valence electrons. The highest BCUT2D eigenvalue weighted by atomic mass is 19.1. The molecule has 1 saturated heterocycles. The maximum atomic E-state index is 12.7. The van der Waals surface area contributed by atoms with Crippen molar-refractivity contribution < 1.29 is 28.6 Å². The number of aliphatic carboxylic acids is 1. The fraction of sp³-hybridized carbons (Fsp3) is 0.429. The summed E-state index contributed by atoms with van der Waals surface area (Å²) < 4.78 is 23.0. The molecule has 1 aliphatic rings. The summed E-state index contributed by atoms with van der Waals surface area (Å²) in [6.07, 6.45) is 0.0835. The zero-order valence-corrected chi connectivity index (χ0v) is 11.3. The van der Waals surface area contributed by atoms with Gasteiger partial charge in [-0.1, -0.05) is 0 Å². The molecule has 1 aromatic carbocycles. The third kappa shape index (κ3) is 4.42. The first-order valence-corrected chi connectivity index (χ1v) is 6.54. The van der Waals surface area contributed by atoms with Crippen LogP contribution in [0.5, 0.6) is 5.75 Å². The van der Waals surface area contributed by atoms with Crippen molar-refractivity contribution in [2.24, 2.45) is 5.92 Å². The monoisotopic (exact) mass is 297 g/mol. The third-order valence-electron chi connectivity index (χ3n) is 3.16. The Kier molecular flexibility index (Phi) is 5.10. The van der Waals surface area contributed by atoms with Gasteiger partial charge >= 0.3 is 5.97 Å². The number of carboxylic acids is 1. The van der Waals surface area contributed by atoms with Crippen molar-refractivity contribution in [3.63, 3.8) is 0 Å². The van der Waals surface area contributed by atoms with Gasteiger partial charge in [0.1, 0.15) is 17.5 Å². The van der Waals surface area contributed by atoms with Crippen LogP contribution in [0.15, 0.2) is 24.3 Å². The standard InChI is InChI=1S/C14H16FNO5/c15-9-1-3-10(4-2-9)21-6-5-13(17)16-12-8-20-7-11(12)14(18)19/h1-4,11-12H,5-8H2,(H,16,17)(H,18,19). The highest BCUT2D eigenvalue weighted by molar-refractivity contribution is 5.78. The fourth-order valence-electron chi connectivity index (χ4n) is 2.01. The van der Waals surface area contributed by atoms with Crippen LogP contribution in [0.4, 0.5) is 4.39 Å². The van der Waals surface area contributed by atoms with Gasteiger partial charge in [0.05, 0.1) is 32.3 Å². The Morgan fingerprint density at radius 3 is 2.71 bits per heavy atom. The lowest BCUT2D eigenvalue weighted by molar-refractivity contribution is -0.142. The highest BCUT2D eigenvalue weighted by Crippen LogP contribution is 2.14. The average Bonchev–Trinajstić information content (AvgIpc) is 2.89. The van der Waals surface area contributed by atoms with E-state index < -0.39 is 17.9 Å². The summed E-state index contributed by atoms with van der Waals surface area (Å²) in [5.74, 6) is -1.90. The molecule has 0 aromatic heterocycles. The maximum Gasteiger partial charge on any atom is 0.311 e. The van der Waals surface area contributed by atoms with E-state index in [0.29, 0.717) is 5.75 Å². The molecule has 21 heavy (non-hydrogen) atoms. The number of carbonyl (C=O) groups excluding carboxylic acids is 1. The minimum Gasteiger partial charge on any atom is -0.493 e. The second kappa shape index (κ2) is 7.03. The van der Waals surface area contributed by atoms with Crippen LogP contribution in [0.2, 0.25) is 0 Å².